The average molecular weight is 339 g/mol. The number of benzene rings is 1. The van der Waals surface area contributed by atoms with Crippen molar-refractivity contribution in [3.63, 3.8) is 0 Å². The Hall–Kier alpha value is -1.36. The molecule has 2 rings (SSSR count). The first-order chi connectivity index (χ1) is 9.56. The van der Waals surface area contributed by atoms with Crippen LogP contribution in [-0.4, -0.2) is 41.2 Å². The van der Waals surface area contributed by atoms with Gasteiger partial charge in [-0.1, -0.05) is 15.9 Å². The van der Waals surface area contributed by atoms with Gasteiger partial charge in [0, 0.05) is 42.1 Å². The first-order valence-corrected chi connectivity index (χ1v) is 7.82. The topological polar surface area (TPSA) is 40.6 Å². The second-order valence-corrected chi connectivity index (χ2v) is 6.13. The average Bonchev–Trinajstić information content (AvgIpc) is 2.79. The van der Waals surface area contributed by atoms with Crippen LogP contribution in [0.2, 0.25) is 0 Å². The largest absolute Gasteiger partial charge is 0.339 e. The van der Waals surface area contributed by atoms with E-state index >= 15 is 0 Å². The molecule has 1 atom stereocenters. The zero-order chi connectivity index (χ0) is 14.7. The number of carbonyl (C=O) groups is 2. The van der Waals surface area contributed by atoms with Gasteiger partial charge >= 0.3 is 0 Å². The summed E-state index contributed by atoms with van der Waals surface area (Å²) < 4.78 is 0. The molecule has 4 nitrogen and oxygen atoms in total. The molecule has 1 saturated heterocycles. The molecular weight excluding hydrogens is 320 g/mol. The van der Waals surface area contributed by atoms with Crippen molar-refractivity contribution in [3.8, 4) is 0 Å². The second-order valence-electron chi connectivity index (χ2n) is 4.83. The summed E-state index contributed by atoms with van der Waals surface area (Å²) in [4.78, 5) is 27.8. The van der Waals surface area contributed by atoms with E-state index in [1.807, 2.05) is 26.0 Å². The van der Waals surface area contributed by atoms with Gasteiger partial charge in [0.2, 0.25) is 5.91 Å². The van der Waals surface area contributed by atoms with E-state index in [0.717, 1.165) is 5.69 Å². The smallest absolute Gasteiger partial charge is 0.253 e. The molecule has 0 bridgehead atoms. The molecular formula is C15H19BrN2O2. The van der Waals surface area contributed by atoms with Gasteiger partial charge in [-0.25, -0.2) is 0 Å². The molecule has 108 valence electrons. The molecule has 2 amide bonds. The maximum atomic E-state index is 12.2. The Morgan fingerprint density at radius 2 is 1.90 bits per heavy atom. The molecule has 20 heavy (non-hydrogen) atoms. The lowest BCUT2D eigenvalue weighted by Crippen LogP contribution is -2.30. The molecule has 0 radical (unpaired) electrons. The number of hydrogen-bond donors (Lipinski definition) is 0. The Balaban J connectivity index is 2.14. The number of anilines is 1. The summed E-state index contributed by atoms with van der Waals surface area (Å²) in [5.41, 5.74) is 1.52. The summed E-state index contributed by atoms with van der Waals surface area (Å²) in [6.45, 7) is 6.02. The molecule has 0 aromatic heterocycles. The van der Waals surface area contributed by atoms with Crippen LogP contribution in [-0.2, 0) is 4.79 Å². The zero-order valence-corrected chi connectivity index (χ0v) is 13.4. The van der Waals surface area contributed by atoms with Crippen molar-refractivity contribution in [1.82, 2.24) is 4.90 Å². The predicted molar refractivity (Wildman–Crippen MR) is 83.4 cm³/mol. The van der Waals surface area contributed by atoms with Crippen LogP contribution >= 0.6 is 15.9 Å². The van der Waals surface area contributed by atoms with Crippen LogP contribution in [0.3, 0.4) is 0 Å². The number of nitrogens with zero attached hydrogens (tertiary/aromatic N) is 2. The van der Waals surface area contributed by atoms with Crippen LogP contribution in [0.25, 0.3) is 0 Å². The number of rotatable bonds is 4. The summed E-state index contributed by atoms with van der Waals surface area (Å²) in [6, 6.07) is 7.29. The molecule has 1 aliphatic heterocycles. The van der Waals surface area contributed by atoms with Gasteiger partial charge in [-0.15, -0.1) is 0 Å². The Morgan fingerprint density at radius 3 is 2.35 bits per heavy atom. The van der Waals surface area contributed by atoms with Crippen molar-refractivity contribution in [3.05, 3.63) is 29.8 Å². The first-order valence-electron chi connectivity index (χ1n) is 6.90. The van der Waals surface area contributed by atoms with Crippen molar-refractivity contribution < 1.29 is 9.59 Å². The van der Waals surface area contributed by atoms with Crippen molar-refractivity contribution in [2.45, 2.75) is 25.1 Å². The van der Waals surface area contributed by atoms with Gasteiger partial charge in [0.15, 0.2) is 0 Å². The van der Waals surface area contributed by atoms with E-state index in [0.29, 0.717) is 31.6 Å². The van der Waals surface area contributed by atoms with Crippen LogP contribution < -0.4 is 4.90 Å². The number of carbonyl (C=O) groups excluding carboxylic acids is 2. The summed E-state index contributed by atoms with van der Waals surface area (Å²) in [5, 5.41) is 0. The minimum atomic E-state index is 0.0349. The highest BCUT2D eigenvalue weighted by molar-refractivity contribution is 9.09. The van der Waals surface area contributed by atoms with Crippen LogP contribution in [0.1, 0.15) is 30.6 Å². The Kier molecular flexibility index (Phi) is 4.81. The van der Waals surface area contributed by atoms with E-state index < -0.39 is 0 Å². The predicted octanol–water partition coefficient (Wildman–Crippen LogP) is 2.67. The van der Waals surface area contributed by atoms with Crippen molar-refractivity contribution in [2.24, 2.45) is 0 Å². The Labute approximate surface area is 127 Å². The molecule has 0 spiro atoms. The molecule has 1 aromatic carbocycles. The zero-order valence-electron chi connectivity index (χ0n) is 11.8. The lowest BCUT2D eigenvalue weighted by Gasteiger charge is -2.20. The van der Waals surface area contributed by atoms with Gasteiger partial charge in [0.1, 0.15) is 0 Å². The van der Waals surface area contributed by atoms with Gasteiger partial charge in [-0.3, -0.25) is 9.59 Å². The molecule has 0 aliphatic carbocycles. The lowest BCUT2D eigenvalue weighted by atomic mass is 10.1. The van der Waals surface area contributed by atoms with Gasteiger partial charge in [0.25, 0.3) is 5.91 Å². The summed E-state index contributed by atoms with van der Waals surface area (Å²) in [7, 11) is 0. The number of hydrogen-bond acceptors (Lipinski definition) is 2. The fourth-order valence-electron chi connectivity index (χ4n) is 2.39. The third-order valence-electron chi connectivity index (χ3n) is 3.55. The molecule has 0 N–H and O–H groups in total. The number of alkyl halides is 1. The normalized spacial score (nSPS) is 18.4. The van der Waals surface area contributed by atoms with Crippen LogP contribution in [0.15, 0.2) is 24.3 Å². The van der Waals surface area contributed by atoms with Gasteiger partial charge < -0.3 is 9.80 Å². The number of amides is 2. The standard InChI is InChI=1S/C15H19BrN2O2/c1-3-17(4-2)15(20)11-5-7-13(8-6-11)18-10-12(16)9-14(18)19/h5-8,12H,3-4,9-10H2,1-2H3. The molecule has 0 saturated carbocycles. The second kappa shape index (κ2) is 6.39. The van der Waals surface area contributed by atoms with Crippen molar-refractivity contribution >= 4 is 33.4 Å². The number of halogens is 1. The van der Waals surface area contributed by atoms with Crippen LogP contribution in [0.4, 0.5) is 5.69 Å². The van der Waals surface area contributed by atoms with E-state index in [1.54, 1.807) is 21.9 Å². The van der Waals surface area contributed by atoms with Crippen molar-refractivity contribution in [1.29, 1.82) is 0 Å². The maximum Gasteiger partial charge on any atom is 0.253 e. The highest BCUT2D eigenvalue weighted by atomic mass is 79.9. The van der Waals surface area contributed by atoms with Crippen molar-refractivity contribution in [2.75, 3.05) is 24.5 Å². The highest BCUT2D eigenvalue weighted by Crippen LogP contribution is 2.25. The van der Waals surface area contributed by atoms with E-state index in [2.05, 4.69) is 15.9 Å². The van der Waals surface area contributed by atoms with E-state index in [1.165, 1.54) is 0 Å². The highest BCUT2D eigenvalue weighted by Gasteiger charge is 2.28. The monoisotopic (exact) mass is 338 g/mol. The minimum Gasteiger partial charge on any atom is -0.339 e. The van der Waals surface area contributed by atoms with Gasteiger partial charge in [0.05, 0.1) is 0 Å². The molecule has 1 unspecified atom stereocenters. The fourth-order valence-corrected chi connectivity index (χ4v) is 2.96. The third kappa shape index (κ3) is 3.03. The minimum absolute atomic E-state index is 0.0349. The molecule has 5 heteroatoms. The van der Waals surface area contributed by atoms with E-state index in [-0.39, 0.29) is 16.6 Å². The fraction of sp³-hybridized carbons (Fsp3) is 0.467. The summed E-state index contributed by atoms with van der Waals surface area (Å²) in [6.07, 6.45) is 0.528. The van der Waals surface area contributed by atoms with Gasteiger partial charge in [-0.05, 0) is 38.1 Å². The van der Waals surface area contributed by atoms with E-state index in [4.69, 9.17) is 0 Å². The van der Waals surface area contributed by atoms with Gasteiger partial charge in [-0.2, -0.15) is 0 Å². The molecule has 1 heterocycles. The first kappa shape index (κ1) is 15.0. The SMILES string of the molecule is CCN(CC)C(=O)c1ccc(N2CC(Br)CC2=O)cc1. The molecule has 1 fully saturated rings. The summed E-state index contributed by atoms with van der Waals surface area (Å²) in [5.74, 6) is 0.155. The molecule has 1 aromatic rings. The summed E-state index contributed by atoms with van der Waals surface area (Å²) >= 11 is 3.47. The molecule has 1 aliphatic rings. The Morgan fingerprint density at radius 1 is 1.30 bits per heavy atom. The van der Waals surface area contributed by atoms with Crippen LogP contribution in [0.5, 0.6) is 0 Å². The lowest BCUT2D eigenvalue weighted by molar-refractivity contribution is -0.117. The maximum absolute atomic E-state index is 12.2. The third-order valence-corrected chi connectivity index (χ3v) is 4.17. The quantitative estimate of drug-likeness (QED) is 0.792. The Bertz CT molecular complexity index is 497. The van der Waals surface area contributed by atoms with Crippen LogP contribution in [0, 0.1) is 0 Å². The van der Waals surface area contributed by atoms with E-state index in [9.17, 15) is 9.59 Å².